The molecule has 0 aliphatic carbocycles. The minimum atomic E-state index is -0.292. The van der Waals surface area contributed by atoms with Crippen LogP contribution in [0.1, 0.15) is 37.6 Å². The summed E-state index contributed by atoms with van der Waals surface area (Å²) in [4.78, 5) is 0. The van der Waals surface area contributed by atoms with Gasteiger partial charge in [0.2, 0.25) is 0 Å². The third-order valence-electron chi connectivity index (χ3n) is 2.74. The molecule has 100 valence electrons. The van der Waals surface area contributed by atoms with E-state index >= 15 is 0 Å². The van der Waals surface area contributed by atoms with Crippen LogP contribution in [0.4, 0.5) is 0 Å². The fourth-order valence-corrected chi connectivity index (χ4v) is 1.90. The Kier molecular flexibility index (Phi) is 5.13. The van der Waals surface area contributed by atoms with Crippen molar-refractivity contribution in [3.63, 3.8) is 0 Å². The second-order valence-corrected chi connectivity index (χ2v) is 3.98. The molecule has 1 heterocycles. The lowest BCUT2D eigenvalue weighted by Gasteiger charge is -2.18. The van der Waals surface area contributed by atoms with Crippen LogP contribution in [-0.2, 0) is 18.9 Å². The predicted molar refractivity (Wildman–Crippen MR) is 67.1 cm³/mol. The second kappa shape index (κ2) is 6.85. The summed E-state index contributed by atoms with van der Waals surface area (Å²) >= 11 is 0. The number of hydrogen-bond donors (Lipinski definition) is 0. The molecule has 0 atom stereocenters. The molecule has 1 aliphatic heterocycles. The second-order valence-electron chi connectivity index (χ2n) is 3.98. The monoisotopic (exact) mass is 252 g/mol. The Hall–Kier alpha value is -0.940. The summed E-state index contributed by atoms with van der Waals surface area (Å²) in [6.07, 6.45) is -0.517. The smallest absolute Gasteiger partial charge is 0.184 e. The van der Waals surface area contributed by atoms with Crippen molar-refractivity contribution in [1.82, 2.24) is 0 Å². The van der Waals surface area contributed by atoms with Crippen LogP contribution in [0, 0.1) is 0 Å². The van der Waals surface area contributed by atoms with Crippen molar-refractivity contribution in [3.8, 4) is 0 Å². The van der Waals surface area contributed by atoms with Gasteiger partial charge in [-0.25, -0.2) is 0 Å². The maximum absolute atomic E-state index is 5.55. The normalized spacial score (nSPS) is 16.6. The van der Waals surface area contributed by atoms with E-state index < -0.39 is 0 Å². The van der Waals surface area contributed by atoms with Crippen LogP contribution in [-0.4, -0.2) is 26.4 Å². The molecule has 4 heteroatoms. The lowest BCUT2D eigenvalue weighted by atomic mass is 10.1. The highest BCUT2D eigenvalue weighted by Gasteiger charge is 2.19. The minimum absolute atomic E-state index is 0.225. The van der Waals surface area contributed by atoms with E-state index in [4.69, 9.17) is 18.9 Å². The van der Waals surface area contributed by atoms with E-state index in [-0.39, 0.29) is 12.6 Å². The Bertz CT molecular complexity index is 337. The van der Waals surface area contributed by atoms with Crippen LogP contribution in [0.25, 0.3) is 0 Å². The van der Waals surface area contributed by atoms with Crippen molar-refractivity contribution in [2.75, 3.05) is 26.4 Å². The fraction of sp³-hybridized carbons (Fsp3) is 0.571. The minimum Gasteiger partial charge on any atom is -0.349 e. The Labute approximate surface area is 108 Å². The summed E-state index contributed by atoms with van der Waals surface area (Å²) in [5, 5.41) is 0. The molecule has 1 aliphatic rings. The molecule has 1 aromatic rings. The largest absolute Gasteiger partial charge is 0.349 e. The van der Waals surface area contributed by atoms with Crippen LogP contribution < -0.4 is 0 Å². The number of hydrogen-bond acceptors (Lipinski definition) is 4. The molecule has 1 aromatic carbocycles. The molecule has 0 N–H and O–H groups in total. The van der Waals surface area contributed by atoms with Gasteiger partial charge in [-0.05, 0) is 13.8 Å². The van der Waals surface area contributed by atoms with Crippen molar-refractivity contribution in [2.45, 2.75) is 26.4 Å². The zero-order valence-corrected chi connectivity index (χ0v) is 10.9. The van der Waals surface area contributed by atoms with Crippen LogP contribution in [0.5, 0.6) is 0 Å². The van der Waals surface area contributed by atoms with Crippen LogP contribution >= 0.6 is 0 Å². The molecule has 0 aromatic heterocycles. The average molecular weight is 252 g/mol. The third kappa shape index (κ3) is 3.29. The van der Waals surface area contributed by atoms with E-state index in [0.29, 0.717) is 26.4 Å². The van der Waals surface area contributed by atoms with Gasteiger partial charge in [0.25, 0.3) is 0 Å². The molecule has 2 rings (SSSR count). The predicted octanol–water partition coefficient (Wildman–Crippen LogP) is 2.80. The van der Waals surface area contributed by atoms with Crippen molar-refractivity contribution in [1.29, 1.82) is 0 Å². The number of benzene rings is 1. The summed E-state index contributed by atoms with van der Waals surface area (Å²) in [6, 6.07) is 7.99. The summed E-state index contributed by atoms with van der Waals surface area (Å²) in [6.45, 7) is 6.49. The van der Waals surface area contributed by atoms with Gasteiger partial charge in [0.05, 0.1) is 13.2 Å². The van der Waals surface area contributed by atoms with Crippen molar-refractivity contribution < 1.29 is 18.9 Å². The maximum atomic E-state index is 5.55. The summed E-state index contributed by atoms with van der Waals surface area (Å²) < 4.78 is 22.0. The van der Waals surface area contributed by atoms with Gasteiger partial charge >= 0.3 is 0 Å². The molecular formula is C14H20O4. The summed E-state index contributed by atoms with van der Waals surface area (Å²) in [5.74, 6) is 0. The molecule has 0 spiro atoms. The SMILES string of the molecule is CCOC(OCC)c1ccc(C2OCCO2)cc1. The lowest BCUT2D eigenvalue weighted by Crippen LogP contribution is -2.09. The third-order valence-corrected chi connectivity index (χ3v) is 2.74. The first-order valence-electron chi connectivity index (χ1n) is 6.41. The van der Waals surface area contributed by atoms with Crippen molar-refractivity contribution in [2.24, 2.45) is 0 Å². The quantitative estimate of drug-likeness (QED) is 0.729. The summed E-state index contributed by atoms with van der Waals surface area (Å²) in [5.41, 5.74) is 2.04. The van der Waals surface area contributed by atoms with Gasteiger partial charge in [0.1, 0.15) is 0 Å². The van der Waals surface area contributed by atoms with Crippen LogP contribution in [0.3, 0.4) is 0 Å². The van der Waals surface area contributed by atoms with Gasteiger partial charge in [-0.2, -0.15) is 0 Å². The van der Waals surface area contributed by atoms with Crippen LogP contribution in [0.15, 0.2) is 24.3 Å². The summed E-state index contributed by atoms with van der Waals surface area (Å²) in [7, 11) is 0. The average Bonchev–Trinajstić information content (AvgIpc) is 2.93. The number of ether oxygens (including phenoxy) is 4. The number of rotatable bonds is 6. The highest BCUT2D eigenvalue weighted by molar-refractivity contribution is 5.24. The zero-order valence-electron chi connectivity index (χ0n) is 10.9. The van der Waals surface area contributed by atoms with E-state index in [1.807, 2.05) is 38.1 Å². The topological polar surface area (TPSA) is 36.9 Å². The van der Waals surface area contributed by atoms with Crippen molar-refractivity contribution >= 4 is 0 Å². The first kappa shape index (κ1) is 13.5. The first-order chi connectivity index (χ1) is 8.85. The fourth-order valence-electron chi connectivity index (χ4n) is 1.90. The molecular weight excluding hydrogens is 232 g/mol. The molecule has 0 bridgehead atoms. The van der Waals surface area contributed by atoms with E-state index in [0.717, 1.165) is 11.1 Å². The van der Waals surface area contributed by atoms with E-state index in [2.05, 4.69) is 0 Å². The molecule has 0 amide bonds. The molecule has 0 saturated carbocycles. The van der Waals surface area contributed by atoms with Gasteiger partial charge in [0.15, 0.2) is 12.6 Å². The Morgan fingerprint density at radius 2 is 1.61 bits per heavy atom. The Morgan fingerprint density at radius 1 is 1.06 bits per heavy atom. The zero-order chi connectivity index (χ0) is 12.8. The van der Waals surface area contributed by atoms with E-state index in [1.54, 1.807) is 0 Å². The van der Waals surface area contributed by atoms with E-state index in [9.17, 15) is 0 Å². The van der Waals surface area contributed by atoms with Gasteiger partial charge in [-0.3, -0.25) is 0 Å². The molecule has 0 radical (unpaired) electrons. The standard InChI is InChI=1S/C14H20O4/c1-3-15-13(16-4-2)11-5-7-12(8-6-11)14-17-9-10-18-14/h5-8,13-14H,3-4,9-10H2,1-2H3. The molecule has 0 unspecified atom stereocenters. The van der Waals surface area contributed by atoms with Crippen LogP contribution in [0.2, 0.25) is 0 Å². The van der Waals surface area contributed by atoms with Gasteiger partial charge in [-0.1, -0.05) is 24.3 Å². The maximum Gasteiger partial charge on any atom is 0.184 e. The molecule has 1 fully saturated rings. The first-order valence-corrected chi connectivity index (χ1v) is 6.41. The molecule has 4 nitrogen and oxygen atoms in total. The Balaban J connectivity index is 2.04. The molecule has 1 saturated heterocycles. The lowest BCUT2D eigenvalue weighted by molar-refractivity contribution is -0.140. The Morgan fingerprint density at radius 3 is 2.11 bits per heavy atom. The van der Waals surface area contributed by atoms with Gasteiger partial charge in [-0.15, -0.1) is 0 Å². The van der Waals surface area contributed by atoms with Gasteiger partial charge in [0, 0.05) is 24.3 Å². The highest BCUT2D eigenvalue weighted by Crippen LogP contribution is 2.26. The van der Waals surface area contributed by atoms with Gasteiger partial charge < -0.3 is 18.9 Å². The van der Waals surface area contributed by atoms with Crippen molar-refractivity contribution in [3.05, 3.63) is 35.4 Å². The van der Waals surface area contributed by atoms with E-state index in [1.165, 1.54) is 0 Å². The highest BCUT2D eigenvalue weighted by atomic mass is 16.7. The molecule has 18 heavy (non-hydrogen) atoms.